The van der Waals surface area contributed by atoms with Crippen LogP contribution in [-0.4, -0.2) is 48.4 Å². The predicted octanol–water partition coefficient (Wildman–Crippen LogP) is 2.65. The van der Waals surface area contributed by atoms with E-state index in [4.69, 9.17) is 9.47 Å². The molecule has 0 aliphatic rings. The fourth-order valence-electron chi connectivity index (χ4n) is 2.11. The standard InChI is InChI=1S/C16H30O5S/c1-6-16(4,9-12(2)3)15(19)21-11-13(17)10-20-14(18)7-8-22-5/h12-13,17H,6-11H2,1-5H3. The lowest BCUT2D eigenvalue weighted by Gasteiger charge is -2.28. The predicted molar refractivity (Wildman–Crippen MR) is 88.8 cm³/mol. The van der Waals surface area contributed by atoms with Gasteiger partial charge in [-0.2, -0.15) is 11.8 Å². The summed E-state index contributed by atoms with van der Waals surface area (Å²) in [5.74, 6) is 0.419. The molecule has 6 heteroatoms. The van der Waals surface area contributed by atoms with E-state index >= 15 is 0 Å². The molecule has 0 bridgehead atoms. The third-order valence-electron chi connectivity index (χ3n) is 3.49. The number of aliphatic hydroxyl groups excluding tert-OH is 1. The number of rotatable bonds is 11. The molecule has 22 heavy (non-hydrogen) atoms. The molecule has 1 N–H and O–H groups in total. The SMILES string of the molecule is CCC(C)(CC(C)C)C(=O)OCC(O)COC(=O)CCSC. The summed E-state index contributed by atoms with van der Waals surface area (Å²) in [5, 5.41) is 9.73. The highest BCUT2D eigenvalue weighted by Crippen LogP contribution is 2.31. The third kappa shape index (κ3) is 8.63. The molecule has 0 amide bonds. The summed E-state index contributed by atoms with van der Waals surface area (Å²) in [6.45, 7) is 7.65. The minimum Gasteiger partial charge on any atom is -0.463 e. The van der Waals surface area contributed by atoms with Crippen molar-refractivity contribution in [3.63, 3.8) is 0 Å². The Morgan fingerprint density at radius 2 is 1.82 bits per heavy atom. The van der Waals surface area contributed by atoms with E-state index in [0.717, 1.165) is 6.42 Å². The Hall–Kier alpha value is -0.750. The van der Waals surface area contributed by atoms with Crippen molar-refractivity contribution in [1.29, 1.82) is 0 Å². The lowest BCUT2D eigenvalue weighted by atomic mass is 9.80. The molecule has 2 unspecified atom stereocenters. The van der Waals surface area contributed by atoms with Crippen LogP contribution in [0.15, 0.2) is 0 Å². The monoisotopic (exact) mass is 334 g/mol. The topological polar surface area (TPSA) is 72.8 Å². The first-order valence-corrected chi connectivity index (χ1v) is 9.14. The zero-order valence-corrected chi connectivity index (χ0v) is 15.2. The van der Waals surface area contributed by atoms with Gasteiger partial charge in [0, 0.05) is 5.75 Å². The first kappa shape index (κ1) is 21.2. The molecule has 0 aromatic rings. The van der Waals surface area contributed by atoms with E-state index in [2.05, 4.69) is 13.8 Å². The maximum absolute atomic E-state index is 12.2. The molecule has 0 aliphatic heterocycles. The second-order valence-corrected chi connectivity index (χ2v) is 7.18. The van der Waals surface area contributed by atoms with E-state index < -0.39 is 11.5 Å². The van der Waals surface area contributed by atoms with Crippen molar-refractivity contribution in [2.45, 2.75) is 53.1 Å². The Labute approximate surface area is 138 Å². The number of hydrogen-bond donors (Lipinski definition) is 1. The van der Waals surface area contributed by atoms with E-state index in [1.807, 2.05) is 20.1 Å². The van der Waals surface area contributed by atoms with Crippen molar-refractivity contribution in [2.75, 3.05) is 25.2 Å². The summed E-state index contributed by atoms with van der Waals surface area (Å²) < 4.78 is 10.1. The van der Waals surface area contributed by atoms with Gasteiger partial charge in [0.25, 0.3) is 0 Å². The van der Waals surface area contributed by atoms with Crippen molar-refractivity contribution < 1.29 is 24.2 Å². The fraction of sp³-hybridized carbons (Fsp3) is 0.875. The molecule has 0 spiro atoms. The van der Waals surface area contributed by atoms with Crippen molar-refractivity contribution in [2.24, 2.45) is 11.3 Å². The highest BCUT2D eigenvalue weighted by molar-refractivity contribution is 7.98. The van der Waals surface area contributed by atoms with E-state index in [1.54, 1.807) is 11.8 Å². The van der Waals surface area contributed by atoms with Crippen LogP contribution in [0.5, 0.6) is 0 Å². The lowest BCUT2D eigenvalue weighted by Crippen LogP contribution is -2.34. The Balaban J connectivity index is 4.14. The van der Waals surface area contributed by atoms with Crippen LogP contribution in [-0.2, 0) is 19.1 Å². The molecule has 0 saturated carbocycles. The number of esters is 2. The molecule has 0 saturated heterocycles. The summed E-state index contributed by atoms with van der Waals surface area (Å²) >= 11 is 1.56. The van der Waals surface area contributed by atoms with Crippen LogP contribution in [0.25, 0.3) is 0 Å². The third-order valence-corrected chi connectivity index (χ3v) is 4.10. The average Bonchev–Trinajstić information content (AvgIpc) is 2.47. The van der Waals surface area contributed by atoms with Crippen LogP contribution in [0, 0.1) is 11.3 Å². The van der Waals surface area contributed by atoms with Gasteiger partial charge in [0.1, 0.15) is 19.3 Å². The Morgan fingerprint density at radius 3 is 2.32 bits per heavy atom. The molecule has 0 fully saturated rings. The summed E-state index contributed by atoms with van der Waals surface area (Å²) in [4.78, 5) is 23.5. The van der Waals surface area contributed by atoms with E-state index in [1.165, 1.54) is 0 Å². The van der Waals surface area contributed by atoms with E-state index in [9.17, 15) is 14.7 Å². The lowest BCUT2D eigenvalue weighted by molar-refractivity contribution is -0.161. The van der Waals surface area contributed by atoms with Gasteiger partial charge in [-0.1, -0.05) is 20.8 Å². The summed E-state index contributed by atoms with van der Waals surface area (Å²) in [7, 11) is 0. The van der Waals surface area contributed by atoms with Crippen LogP contribution >= 0.6 is 11.8 Å². The molecule has 0 radical (unpaired) electrons. The molecule has 5 nitrogen and oxygen atoms in total. The van der Waals surface area contributed by atoms with Gasteiger partial charge in [-0.25, -0.2) is 0 Å². The number of aliphatic hydroxyl groups is 1. The van der Waals surface area contributed by atoms with Gasteiger partial charge in [0.15, 0.2) is 0 Å². The molecule has 130 valence electrons. The van der Waals surface area contributed by atoms with Crippen molar-refractivity contribution in [3.05, 3.63) is 0 Å². The van der Waals surface area contributed by atoms with Crippen molar-refractivity contribution >= 4 is 23.7 Å². The van der Waals surface area contributed by atoms with Crippen LogP contribution < -0.4 is 0 Å². The van der Waals surface area contributed by atoms with Gasteiger partial charge in [-0.05, 0) is 31.9 Å². The molecule has 0 heterocycles. The molecule has 0 rings (SSSR count). The molecule has 0 aromatic carbocycles. The first-order chi connectivity index (χ1) is 10.2. The van der Waals surface area contributed by atoms with E-state index in [0.29, 0.717) is 24.5 Å². The number of carbonyl (C=O) groups is 2. The Morgan fingerprint density at radius 1 is 1.23 bits per heavy atom. The second kappa shape index (κ2) is 10.9. The van der Waals surface area contributed by atoms with Crippen molar-refractivity contribution in [1.82, 2.24) is 0 Å². The maximum Gasteiger partial charge on any atom is 0.311 e. The molecular formula is C16H30O5S. The summed E-state index contributed by atoms with van der Waals surface area (Å²) in [5.41, 5.74) is -0.539. The Kier molecular flexibility index (Phi) is 10.5. The average molecular weight is 334 g/mol. The second-order valence-electron chi connectivity index (χ2n) is 6.19. The first-order valence-electron chi connectivity index (χ1n) is 7.75. The van der Waals surface area contributed by atoms with Gasteiger partial charge >= 0.3 is 11.9 Å². The molecule has 2 atom stereocenters. The fourth-order valence-corrected chi connectivity index (χ4v) is 2.48. The number of thioether (sulfide) groups is 1. The number of ether oxygens (including phenoxy) is 2. The zero-order valence-electron chi connectivity index (χ0n) is 14.4. The van der Waals surface area contributed by atoms with Gasteiger partial charge in [-0.3, -0.25) is 9.59 Å². The quantitative estimate of drug-likeness (QED) is 0.586. The zero-order chi connectivity index (χ0) is 17.2. The van der Waals surface area contributed by atoms with Crippen LogP contribution in [0.2, 0.25) is 0 Å². The van der Waals surface area contributed by atoms with Crippen LogP contribution in [0.3, 0.4) is 0 Å². The van der Waals surface area contributed by atoms with Crippen LogP contribution in [0.4, 0.5) is 0 Å². The van der Waals surface area contributed by atoms with E-state index in [-0.39, 0.29) is 25.2 Å². The summed E-state index contributed by atoms with van der Waals surface area (Å²) in [6.07, 6.45) is 2.66. The van der Waals surface area contributed by atoms with Crippen molar-refractivity contribution in [3.8, 4) is 0 Å². The number of carbonyl (C=O) groups excluding carboxylic acids is 2. The smallest absolute Gasteiger partial charge is 0.311 e. The molecule has 0 aliphatic carbocycles. The molecular weight excluding hydrogens is 304 g/mol. The van der Waals surface area contributed by atoms with Gasteiger partial charge < -0.3 is 14.6 Å². The largest absolute Gasteiger partial charge is 0.463 e. The highest BCUT2D eigenvalue weighted by Gasteiger charge is 2.34. The maximum atomic E-state index is 12.2. The van der Waals surface area contributed by atoms with Gasteiger partial charge in [-0.15, -0.1) is 0 Å². The van der Waals surface area contributed by atoms with Gasteiger partial charge in [0.05, 0.1) is 11.8 Å². The Bertz CT molecular complexity index is 345. The minimum atomic E-state index is -0.984. The minimum absolute atomic E-state index is 0.145. The van der Waals surface area contributed by atoms with Gasteiger partial charge in [0.2, 0.25) is 0 Å². The summed E-state index contributed by atoms with van der Waals surface area (Å²) in [6, 6.07) is 0. The van der Waals surface area contributed by atoms with Crippen LogP contribution in [0.1, 0.15) is 47.0 Å². The number of hydrogen-bond acceptors (Lipinski definition) is 6. The normalized spacial score (nSPS) is 15.2. The highest BCUT2D eigenvalue weighted by atomic mass is 32.2. The molecule has 0 aromatic heterocycles.